The van der Waals surface area contributed by atoms with Crippen molar-refractivity contribution >= 4 is 5.71 Å². The Balaban J connectivity index is 2.65. The van der Waals surface area contributed by atoms with E-state index in [1.807, 2.05) is 0 Å². The van der Waals surface area contributed by atoms with E-state index in [4.69, 9.17) is 0 Å². The van der Waals surface area contributed by atoms with Crippen LogP contribution in [-0.4, -0.2) is 28.9 Å². The van der Waals surface area contributed by atoms with Crippen molar-refractivity contribution in [3.8, 4) is 0 Å². The molecular formula is C13H21F3N2. The molecule has 0 spiro atoms. The molecule has 5 heteroatoms. The van der Waals surface area contributed by atoms with Crippen LogP contribution in [0.5, 0.6) is 0 Å². The maximum atomic E-state index is 13.7. The summed E-state index contributed by atoms with van der Waals surface area (Å²) in [4.78, 5) is 0. The third kappa shape index (κ3) is 4.03. The van der Waals surface area contributed by atoms with Crippen LogP contribution in [0.1, 0.15) is 40.5 Å². The van der Waals surface area contributed by atoms with Crippen LogP contribution in [-0.2, 0) is 0 Å². The lowest BCUT2D eigenvalue weighted by atomic mass is 9.81. The number of alkyl halides is 3. The van der Waals surface area contributed by atoms with E-state index in [0.717, 1.165) is 0 Å². The fourth-order valence-electron chi connectivity index (χ4n) is 1.74. The predicted molar refractivity (Wildman–Crippen MR) is 67.5 cm³/mol. The fourth-order valence-corrected chi connectivity index (χ4v) is 1.74. The second-order valence-electron chi connectivity index (χ2n) is 5.61. The number of allylic oxidation sites excluding steroid dienone is 1. The molecule has 0 bridgehead atoms. The van der Waals surface area contributed by atoms with Gasteiger partial charge in [-0.3, -0.25) is 5.01 Å². The Labute approximate surface area is 107 Å². The first-order chi connectivity index (χ1) is 8.01. The summed E-state index contributed by atoms with van der Waals surface area (Å²) < 4.78 is 39.2. The SMILES string of the molecule is C=C(C)N(CC1CC(F)(F)C1)/N=C(\C)C(C)(C)F. The van der Waals surface area contributed by atoms with E-state index in [1.165, 1.54) is 18.9 Å². The first-order valence-electron chi connectivity index (χ1n) is 6.07. The van der Waals surface area contributed by atoms with Crippen molar-refractivity contribution in [2.75, 3.05) is 6.54 Å². The largest absolute Gasteiger partial charge is 0.270 e. The molecule has 1 fully saturated rings. The van der Waals surface area contributed by atoms with E-state index in [1.54, 1.807) is 13.8 Å². The van der Waals surface area contributed by atoms with Crippen LogP contribution in [0.3, 0.4) is 0 Å². The van der Waals surface area contributed by atoms with Crippen LogP contribution in [0.4, 0.5) is 13.2 Å². The van der Waals surface area contributed by atoms with Crippen molar-refractivity contribution in [2.45, 2.75) is 52.1 Å². The van der Waals surface area contributed by atoms with Crippen LogP contribution in [0, 0.1) is 5.92 Å². The molecule has 1 aliphatic rings. The van der Waals surface area contributed by atoms with Crippen molar-refractivity contribution in [3.63, 3.8) is 0 Å². The van der Waals surface area contributed by atoms with Gasteiger partial charge in [-0.05, 0) is 33.6 Å². The summed E-state index contributed by atoms with van der Waals surface area (Å²) in [6.07, 6.45) is -0.241. The summed E-state index contributed by atoms with van der Waals surface area (Å²) in [5.74, 6) is -2.64. The van der Waals surface area contributed by atoms with Crippen molar-refractivity contribution < 1.29 is 13.2 Å². The molecule has 0 aliphatic heterocycles. The van der Waals surface area contributed by atoms with Gasteiger partial charge < -0.3 is 0 Å². The normalized spacial score (nSPS) is 20.5. The third-order valence-electron chi connectivity index (χ3n) is 3.18. The van der Waals surface area contributed by atoms with Crippen LogP contribution in [0.15, 0.2) is 17.4 Å². The smallest absolute Gasteiger partial charge is 0.248 e. The van der Waals surface area contributed by atoms with Gasteiger partial charge in [-0.15, -0.1) is 0 Å². The lowest BCUT2D eigenvalue weighted by Crippen LogP contribution is -2.41. The Hall–Kier alpha value is -1.00. The molecular weight excluding hydrogens is 241 g/mol. The van der Waals surface area contributed by atoms with Crippen LogP contribution < -0.4 is 0 Å². The van der Waals surface area contributed by atoms with Gasteiger partial charge in [0.2, 0.25) is 5.92 Å². The second-order valence-corrected chi connectivity index (χ2v) is 5.61. The molecule has 0 aromatic rings. The molecule has 0 amide bonds. The molecule has 0 aromatic heterocycles. The molecule has 1 saturated carbocycles. The zero-order chi connectivity index (χ0) is 14.1. The highest BCUT2D eigenvalue weighted by Crippen LogP contribution is 2.42. The van der Waals surface area contributed by atoms with Crippen molar-refractivity contribution in [3.05, 3.63) is 12.3 Å². The average molecular weight is 262 g/mol. The van der Waals surface area contributed by atoms with Crippen molar-refractivity contribution in [2.24, 2.45) is 11.0 Å². The Morgan fingerprint density at radius 3 is 2.22 bits per heavy atom. The van der Waals surface area contributed by atoms with E-state index in [0.29, 0.717) is 18.0 Å². The number of halogens is 3. The van der Waals surface area contributed by atoms with Crippen LogP contribution in [0.25, 0.3) is 0 Å². The molecule has 0 aromatic carbocycles. The fraction of sp³-hybridized carbons (Fsp3) is 0.769. The first kappa shape index (κ1) is 15.1. The van der Waals surface area contributed by atoms with Crippen molar-refractivity contribution in [1.29, 1.82) is 0 Å². The van der Waals surface area contributed by atoms with E-state index in [2.05, 4.69) is 11.7 Å². The zero-order valence-corrected chi connectivity index (χ0v) is 11.4. The van der Waals surface area contributed by atoms with E-state index >= 15 is 0 Å². The number of hydrogen-bond acceptors (Lipinski definition) is 2. The highest BCUT2D eigenvalue weighted by atomic mass is 19.3. The quantitative estimate of drug-likeness (QED) is 0.540. The van der Waals surface area contributed by atoms with E-state index in [-0.39, 0.29) is 18.8 Å². The highest BCUT2D eigenvalue weighted by Gasteiger charge is 2.45. The molecule has 1 rings (SSSR count). The molecule has 2 nitrogen and oxygen atoms in total. The Morgan fingerprint density at radius 1 is 1.39 bits per heavy atom. The third-order valence-corrected chi connectivity index (χ3v) is 3.18. The topological polar surface area (TPSA) is 15.6 Å². The van der Waals surface area contributed by atoms with Gasteiger partial charge in [0.05, 0.1) is 5.71 Å². The molecule has 0 radical (unpaired) electrons. The summed E-state index contributed by atoms with van der Waals surface area (Å²) in [5, 5.41) is 5.67. The Bertz CT molecular complexity index is 348. The standard InChI is InChI=1S/C13H21F3N2/c1-9(2)18(17-10(3)12(4,5)14)8-11-6-13(15,16)7-11/h11H,1,6-8H2,2-5H3/b17-10+. The van der Waals surface area contributed by atoms with E-state index < -0.39 is 11.6 Å². The Morgan fingerprint density at radius 2 is 1.89 bits per heavy atom. The summed E-state index contributed by atoms with van der Waals surface area (Å²) in [7, 11) is 0. The average Bonchev–Trinajstić information content (AvgIpc) is 2.11. The minimum Gasteiger partial charge on any atom is -0.270 e. The maximum Gasteiger partial charge on any atom is 0.248 e. The van der Waals surface area contributed by atoms with Gasteiger partial charge in [-0.25, -0.2) is 13.2 Å². The summed E-state index contributed by atoms with van der Waals surface area (Å²) in [6, 6.07) is 0. The molecule has 104 valence electrons. The minimum atomic E-state index is -2.54. The predicted octanol–water partition coefficient (Wildman–Crippen LogP) is 3.99. The second kappa shape index (κ2) is 4.94. The molecule has 0 heterocycles. The summed E-state index contributed by atoms with van der Waals surface area (Å²) >= 11 is 0. The zero-order valence-electron chi connectivity index (χ0n) is 11.4. The summed E-state index contributed by atoms with van der Waals surface area (Å²) in [5.41, 5.74) is -0.567. The van der Waals surface area contributed by atoms with Gasteiger partial charge in [-0.2, -0.15) is 5.10 Å². The molecule has 0 unspecified atom stereocenters. The number of hydrazone groups is 1. The summed E-state index contributed by atoms with van der Waals surface area (Å²) in [6.45, 7) is 10.3. The van der Waals surface area contributed by atoms with Gasteiger partial charge in [0.15, 0.2) is 0 Å². The molecule has 0 N–H and O–H groups in total. The molecule has 0 atom stereocenters. The molecule has 1 aliphatic carbocycles. The lowest BCUT2D eigenvalue weighted by molar-refractivity contribution is -0.114. The molecule has 18 heavy (non-hydrogen) atoms. The number of nitrogens with zero attached hydrogens (tertiary/aromatic N) is 2. The Kier molecular flexibility index (Phi) is 4.13. The van der Waals surface area contributed by atoms with Crippen molar-refractivity contribution in [1.82, 2.24) is 5.01 Å². The van der Waals surface area contributed by atoms with Gasteiger partial charge in [0, 0.05) is 25.1 Å². The maximum absolute atomic E-state index is 13.7. The van der Waals surface area contributed by atoms with Gasteiger partial charge in [0.25, 0.3) is 0 Å². The van der Waals surface area contributed by atoms with Gasteiger partial charge in [-0.1, -0.05) is 6.58 Å². The molecule has 0 saturated heterocycles. The van der Waals surface area contributed by atoms with Crippen LogP contribution >= 0.6 is 0 Å². The van der Waals surface area contributed by atoms with Gasteiger partial charge >= 0.3 is 0 Å². The van der Waals surface area contributed by atoms with E-state index in [9.17, 15) is 13.2 Å². The van der Waals surface area contributed by atoms with Crippen LogP contribution in [0.2, 0.25) is 0 Å². The first-order valence-corrected chi connectivity index (χ1v) is 6.07. The lowest BCUT2D eigenvalue weighted by Gasteiger charge is -2.37. The van der Waals surface area contributed by atoms with Gasteiger partial charge in [0.1, 0.15) is 5.67 Å². The number of rotatable bonds is 5. The minimum absolute atomic E-state index is 0.101. The monoisotopic (exact) mass is 262 g/mol. The number of hydrogen-bond donors (Lipinski definition) is 0. The highest BCUT2D eigenvalue weighted by molar-refractivity contribution is 5.89.